The molecule has 0 aliphatic heterocycles. The zero-order valence-corrected chi connectivity index (χ0v) is 22.4. The van der Waals surface area contributed by atoms with E-state index in [9.17, 15) is 0 Å². The van der Waals surface area contributed by atoms with Crippen LogP contribution in [-0.4, -0.2) is 0 Å². The Bertz CT molecular complexity index is 429. The van der Waals surface area contributed by atoms with Crippen molar-refractivity contribution < 1.29 is 0 Å². The monoisotopic (exact) mass is 444 g/mol. The predicted molar refractivity (Wildman–Crippen MR) is 143 cm³/mol. The predicted octanol–water partition coefficient (Wildman–Crippen LogP) is 11.1. The van der Waals surface area contributed by atoms with Gasteiger partial charge >= 0.3 is 0 Å². The third-order valence-electron chi connectivity index (χ3n) is 10.3. The molecule has 3 aliphatic rings. The van der Waals surface area contributed by atoms with Crippen LogP contribution in [0.15, 0.2) is 0 Å². The van der Waals surface area contributed by atoms with E-state index in [2.05, 4.69) is 13.8 Å². The lowest BCUT2D eigenvalue weighted by Gasteiger charge is -2.38. The van der Waals surface area contributed by atoms with Gasteiger partial charge < -0.3 is 0 Å². The number of hydrogen-bond donors (Lipinski definition) is 0. The summed E-state index contributed by atoms with van der Waals surface area (Å²) < 4.78 is 0. The van der Waals surface area contributed by atoms with E-state index in [0.717, 1.165) is 35.5 Å². The third-order valence-corrected chi connectivity index (χ3v) is 10.3. The zero-order valence-electron chi connectivity index (χ0n) is 22.4. The van der Waals surface area contributed by atoms with Gasteiger partial charge in [0.2, 0.25) is 0 Å². The highest BCUT2D eigenvalue weighted by Crippen LogP contribution is 2.44. The fraction of sp³-hybridized carbons (Fsp3) is 1.00. The molecular weight excluding hydrogens is 384 g/mol. The first kappa shape index (κ1) is 26.6. The van der Waals surface area contributed by atoms with Crippen LogP contribution in [0.25, 0.3) is 0 Å². The minimum absolute atomic E-state index is 1.09. The fourth-order valence-electron chi connectivity index (χ4n) is 7.90. The molecule has 0 aromatic heterocycles. The SMILES string of the molecule is CCCCCCCC1CCC(CCC2CCC(C3CCC(CCCCC)CC3)CC2)CC1. The maximum atomic E-state index is 2.34. The molecule has 0 nitrogen and oxygen atoms in total. The Balaban J connectivity index is 1.20. The average molecular weight is 445 g/mol. The summed E-state index contributed by atoms with van der Waals surface area (Å²) >= 11 is 0. The van der Waals surface area contributed by atoms with Crippen molar-refractivity contribution in [1.82, 2.24) is 0 Å². The van der Waals surface area contributed by atoms with E-state index in [0.29, 0.717) is 0 Å². The van der Waals surface area contributed by atoms with E-state index < -0.39 is 0 Å². The van der Waals surface area contributed by atoms with Gasteiger partial charge in [-0.25, -0.2) is 0 Å². The Labute approximate surface area is 203 Å². The molecule has 0 heterocycles. The van der Waals surface area contributed by atoms with Crippen molar-refractivity contribution in [2.24, 2.45) is 35.5 Å². The summed E-state index contributed by atoms with van der Waals surface area (Å²) in [6.45, 7) is 4.67. The van der Waals surface area contributed by atoms with Crippen molar-refractivity contribution in [1.29, 1.82) is 0 Å². The van der Waals surface area contributed by atoms with E-state index in [4.69, 9.17) is 0 Å². The normalized spacial score (nSPS) is 33.9. The van der Waals surface area contributed by atoms with E-state index >= 15 is 0 Å². The highest BCUT2D eigenvalue weighted by Gasteiger charge is 2.31. The highest BCUT2D eigenvalue weighted by molar-refractivity contribution is 4.83. The lowest BCUT2D eigenvalue weighted by atomic mass is 9.68. The molecule has 3 fully saturated rings. The van der Waals surface area contributed by atoms with Crippen LogP contribution in [0, 0.1) is 35.5 Å². The lowest BCUT2D eigenvalue weighted by molar-refractivity contribution is 0.135. The van der Waals surface area contributed by atoms with Gasteiger partial charge in [-0.2, -0.15) is 0 Å². The molecule has 3 rings (SSSR count). The standard InChI is InChI=1S/C32H60/c1-3-5-7-8-10-12-27-13-15-29(16-14-27)17-18-30-21-25-32(26-22-30)31-23-19-28(20-24-31)11-9-6-4-2/h27-32H,3-26H2,1-2H3. The Morgan fingerprint density at radius 1 is 0.344 bits per heavy atom. The van der Waals surface area contributed by atoms with Gasteiger partial charge in [-0.3, -0.25) is 0 Å². The minimum Gasteiger partial charge on any atom is -0.0654 e. The minimum atomic E-state index is 1.09. The molecule has 188 valence electrons. The van der Waals surface area contributed by atoms with E-state index in [1.54, 1.807) is 96.3 Å². The van der Waals surface area contributed by atoms with Crippen LogP contribution >= 0.6 is 0 Å². The van der Waals surface area contributed by atoms with Crippen LogP contribution in [0.3, 0.4) is 0 Å². The maximum absolute atomic E-state index is 2.34. The molecule has 0 saturated heterocycles. The number of unbranched alkanes of at least 4 members (excludes halogenated alkanes) is 6. The summed E-state index contributed by atoms with van der Waals surface area (Å²) in [7, 11) is 0. The Morgan fingerprint density at radius 2 is 0.656 bits per heavy atom. The molecule has 0 amide bonds. The second kappa shape index (κ2) is 15.8. The van der Waals surface area contributed by atoms with Crippen molar-refractivity contribution in [2.75, 3.05) is 0 Å². The van der Waals surface area contributed by atoms with E-state index in [1.165, 1.54) is 57.8 Å². The van der Waals surface area contributed by atoms with Gasteiger partial charge in [0, 0.05) is 0 Å². The summed E-state index contributed by atoms with van der Waals surface area (Å²) in [5.74, 6) is 6.57. The molecule has 0 radical (unpaired) electrons. The van der Waals surface area contributed by atoms with Crippen LogP contribution in [0.4, 0.5) is 0 Å². The van der Waals surface area contributed by atoms with E-state index in [-0.39, 0.29) is 0 Å². The second-order valence-corrected chi connectivity index (χ2v) is 12.7. The Hall–Kier alpha value is 0. The summed E-state index contributed by atoms with van der Waals surface area (Å²) in [4.78, 5) is 0. The molecule has 0 unspecified atom stereocenters. The van der Waals surface area contributed by atoms with E-state index in [1.807, 2.05) is 0 Å². The summed E-state index contributed by atoms with van der Waals surface area (Å²) in [6.07, 6.45) is 36.8. The molecule has 3 saturated carbocycles. The van der Waals surface area contributed by atoms with Gasteiger partial charge in [0.25, 0.3) is 0 Å². The van der Waals surface area contributed by atoms with Gasteiger partial charge in [0.1, 0.15) is 0 Å². The molecular formula is C32H60. The summed E-state index contributed by atoms with van der Waals surface area (Å²) in [5.41, 5.74) is 0. The fourth-order valence-corrected chi connectivity index (χ4v) is 7.90. The van der Waals surface area contributed by atoms with Gasteiger partial charge in [0.05, 0.1) is 0 Å². The van der Waals surface area contributed by atoms with Crippen LogP contribution in [0.2, 0.25) is 0 Å². The first-order chi connectivity index (χ1) is 15.8. The smallest absolute Gasteiger partial charge is 0.0386 e. The van der Waals surface area contributed by atoms with Crippen LogP contribution < -0.4 is 0 Å². The van der Waals surface area contributed by atoms with Crippen LogP contribution in [0.1, 0.15) is 168 Å². The van der Waals surface area contributed by atoms with Crippen molar-refractivity contribution in [3.63, 3.8) is 0 Å². The molecule has 3 aliphatic carbocycles. The quantitative estimate of drug-likeness (QED) is 0.234. The largest absolute Gasteiger partial charge is 0.0654 e. The number of hydrogen-bond acceptors (Lipinski definition) is 0. The van der Waals surface area contributed by atoms with Gasteiger partial charge in [0.15, 0.2) is 0 Å². The second-order valence-electron chi connectivity index (χ2n) is 12.7. The molecule has 0 bridgehead atoms. The van der Waals surface area contributed by atoms with Crippen molar-refractivity contribution in [3.05, 3.63) is 0 Å². The van der Waals surface area contributed by atoms with Crippen molar-refractivity contribution >= 4 is 0 Å². The Morgan fingerprint density at radius 3 is 1.09 bits per heavy atom. The van der Waals surface area contributed by atoms with Crippen molar-refractivity contribution in [2.45, 2.75) is 168 Å². The van der Waals surface area contributed by atoms with Gasteiger partial charge in [-0.05, 0) is 61.2 Å². The molecule has 0 aromatic rings. The van der Waals surface area contributed by atoms with Crippen LogP contribution in [0.5, 0.6) is 0 Å². The molecule has 0 spiro atoms. The first-order valence-electron chi connectivity index (χ1n) is 15.8. The van der Waals surface area contributed by atoms with Crippen LogP contribution in [-0.2, 0) is 0 Å². The summed E-state index contributed by atoms with van der Waals surface area (Å²) in [5, 5.41) is 0. The van der Waals surface area contributed by atoms with Gasteiger partial charge in [-0.15, -0.1) is 0 Å². The molecule has 0 N–H and O–H groups in total. The molecule has 0 aromatic carbocycles. The Kier molecular flexibility index (Phi) is 13.1. The highest BCUT2D eigenvalue weighted by atomic mass is 14.4. The molecule has 0 atom stereocenters. The molecule has 32 heavy (non-hydrogen) atoms. The molecule has 0 heteroatoms. The van der Waals surface area contributed by atoms with Crippen molar-refractivity contribution in [3.8, 4) is 0 Å². The first-order valence-corrected chi connectivity index (χ1v) is 15.8. The lowest BCUT2D eigenvalue weighted by Crippen LogP contribution is -2.26. The average Bonchev–Trinajstić information content (AvgIpc) is 2.84. The third kappa shape index (κ3) is 9.70. The number of rotatable bonds is 14. The maximum Gasteiger partial charge on any atom is -0.0386 e. The zero-order chi connectivity index (χ0) is 22.4. The summed E-state index contributed by atoms with van der Waals surface area (Å²) in [6, 6.07) is 0. The van der Waals surface area contributed by atoms with Gasteiger partial charge in [-0.1, -0.05) is 142 Å². The topological polar surface area (TPSA) is 0 Å².